The van der Waals surface area contributed by atoms with Crippen LogP contribution in [-0.2, 0) is 0 Å². The van der Waals surface area contributed by atoms with E-state index >= 15 is 0 Å². The van der Waals surface area contributed by atoms with Crippen molar-refractivity contribution < 1.29 is 0 Å². The normalized spacial score (nSPS) is 15.9. The first-order valence-corrected chi connectivity index (χ1v) is 6.02. The molecule has 1 aliphatic rings. The van der Waals surface area contributed by atoms with Crippen molar-refractivity contribution in [2.45, 2.75) is 32.6 Å². The van der Waals surface area contributed by atoms with Gasteiger partial charge in [-0.1, -0.05) is 13.8 Å². The van der Waals surface area contributed by atoms with Gasteiger partial charge >= 0.3 is 0 Å². The smallest absolute Gasteiger partial charge is 0.227 e. The zero-order valence-corrected chi connectivity index (χ0v) is 10.3. The van der Waals surface area contributed by atoms with Crippen molar-refractivity contribution in [2.24, 2.45) is 0 Å². The minimum Gasteiger partial charge on any atom is -0.373 e. The van der Waals surface area contributed by atoms with E-state index in [4.69, 9.17) is 0 Å². The van der Waals surface area contributed by atoms with E-state index in [0.29, 0.717) is 5.92 Å². The van der Waals surface area contributed by atoms with Crippen LogP contribution in [0.4, 0.5) is 11.8 Å². The molecule has 16 heavy (non-hydrogen) atoms. The Labute approximate surface area is 97.1 Å². The van der Waals surface area contributed by atoms with Crippen molar-refractivity contribution in [3.63, 3.8) is 0 Å². The standard InChI is InChI=1S/C12H20N4/c1-9(2)10-8-11(13-3)15-12(14-10)16-6-4-5-7-16/h8-9H,4-7H2,1-3H3,(H,13,14,15). The molecule has 0 aliphatic carbocycles. The number of hydrogen-bond acceptors (Lipinski definition) is 4. The van der Waals surface area contributed by atoms with Crippen LogP contribution in [-0.4, -0.2) is 30.1 Å². The zero-order valence-electron chi connectivity index (χ0n) is 10.3. The Kier molecular flexibility index (Phi) is 3.27. The molecule has 1 fully saturated rings. The Morgan fingerprint density at radius 3 is 2.50 bits per heavy atom. The van der Waals surface area contributed by atoms with Gasteiger partial charge in [0.2, 0.25) is 5.95 Å². The first-order valence-electron chi connectivity index (χ1n) is 6.02. The van der Waals surface area contributed by atoms with Crippen LogP contribution in [0.25, 0.3) is 0 Å². The van der Waals surface area contributed by atoms with Crippen LogP contribution in [0.2, 0.25) is 0 Å². The number of anilines is 2. The molecule has 1 saturated heterocycles. The van der Waals surface area contributed by atoms with E-state index in [-0.39, 0.29) is 0 Å². The van der Waals surface area contributed by atoms with Crippen molar-refractivity contribution in [1.29, 1.82) is 0 Å². The van der Waals surface area contributed by atoms with E-state index < -0.39 is 0 Å². The minimum atomic E-state index is 0.441. The number of nitrogens with zero attached hydrogens (tertiary/aromatic N) is 3. The molecule has 0 aromatic carbocycles. The average molecular weight is 220 g/mol. The summed E-state index contributed by atoms with van der Waals surface area (Å²) in [5.74, 6) is 2.24. The van der Waals surface area contributed by atoms with E-state index in [1.54, 1.807) is 0 Å². The van der Waals surface area contributed by atoms with Gasteiger partial charge in [0.25, 0.3) is 0 Å². The predicted octanol–water partition coefficient (Wildman–Crippen LogP) is 2.24. The first kappa shape index (κ1) is 11.2. The molecule has 1 aromatic heterocycles. The number of hydrogen-bond donors (Lipinski definition) is 1. The molecule has 0 radical (unpaired) electrons. The van der Waals surface area contributed by atoms with Crippen LogP contribution in [0.1, 0.15) is 38.3 Å². The number of rotatable bonds is 3. The fourth-order valence-electron chi connectivity index (χ4n) is 1.94. The van der Waals surface area contributed by atoms with Gasteiger partial charge in [0.15, 0.2) is 0 Å². The summed E-state index contributed by atoms with van der Waals surface area (Å²) in [6.07, 6.45) is 2.51. The highest BCUT2D eigenvalue weighted by Crippen LogP contribution is 2.21. The molecule has 4 heteroatoms. The van der Waals surface area contributed by atoms with Gasteiger partial charge in [0.1, 0.15) is 5.82 Å². The van der Waals surface area contributed by atoms with Gasteiger partial charge in [-0.05, 0) is 18.8 Å². The summed E-state index contributed by atoms with van der Waals surface area (Å²) in [6.45, 7) is 6.50. The highest BCUT2D eigenvalue weighted by molar-refractivity contribution is 5.44. The predicted molar refractivity (Wildman–Crippen MR) is 67.1 cm³/mol. The average Bonchev–Trinajstić information content (AvgIpc) is 2.81. The summed E-state index contributed by atoms with van der Waals surface area (Å²) in [5.41, 5.74) is 1.11. The van der Waals surface area contributed by atoms with E-state index in [1.807, 2.05) is 13.1 Å². The second kappa shape index (κ2) is 4.68. The Bertz CT molecular complexity index is 356. The van der Waals surface area contributed by atoms with E-state index in [2.05, 4.69) is 34.0 Å². The lowest BCUT2D eigenvalue weighted by molar-refractivity contribution is 0.796. The van der Waals surface area contributed by atoms with Crippen LogP contribution in [0, 0.1) is 0 Å². The van der Waals surface area contributed by atoms with Crippen LogP contribution < -0.4 is 10.2 Å². The maximum absolute atomic E-state index is 4.64. The molecule has 0 spiro atoms. The molecule has 0 amide bonds. The quantitative estimate of drug-likeness (QED) is 0.848. The largest absolute Gasteiger partial charge is 0.373 e. The second-order valence-corrected chi connectivity index (χ2v) is 4.58. The van der Waals surface area contributed by atoms with Gasteiger partial charge in [0.05, 0.1) is 5.69 Å². The fraction of sp³-hybridized carbons (Fsp3) is 0.667. The van der Waals surface area contributed by atoms with Crippen molar-refractivity contribution in [2.75, 3.05) is 30.4 Å². The van der Waals surface area contributed by atoms with Gasteiger partial charge in [-0.15, -0.1) is 0 Å². The maximum Gasteiger partial charge on any atom is 0.227 e. The summed E-state index contributed by atoms with van der Waals surface area (Å²) in [7, 11) is 1.90. The lowest BCUT2D eigenvalue weighted by atomic mass is 10.1. The van der Waals surface area contributed by atoms with Gasteiger partial charge in [-0.2, -0.15) is 4.98 Å². The zero-order chi connectivity index (χ0) is 11.5. The molecule has 88 valence electrons. The third-order valence-corrected chi connectivity index (χ3v) is 2.97. The van der Waals surface area contributed by atoms with Crippen molar-refractivity contribution in [1.82, 2.24) is 9.97 Å². The summed E-state index contributed by atoms with van der Waals surface area (Å²) < 4.78 is 0. The van der Waals surface area contributed by atoms with E-state index in [1.165, 1.54) is 12.8 Å². The molecule has 4 nitrogen and oxygen atoms in total. The fourth-order valence-corrected chi connectivity index (χ4v) is 1.94. The van der Waals surface area contributed by atoms with Crippen molar-refractivity contribution >= 4 is 11.8 Å². The third kappa shape index (κ3) is 2.26. The Hall–Kier alpha value is -1.32. The van der Waals surface area contributed by atoms with E-state index in [0.717, 1.165) is 30.5 Å². The van der Waals surface area contributed by atoms with Crippen molar-refractivity contribution in [3.05, 3.63) is 11.8 Å². The molecular formula is C12H20N4. The van der Waals surface area contributed by atoms with Gasteiger partial charge < -0.3 is 10.2 Å². The van der Waals surface area contributed by atoms with Crippen molar-refractivity contribution in [3.8, 4) is 0 Å². The Balaban J connectivity index is 2.32. The Morgan fingerprint density at radius 1 is 1.25 bits per heavy atom. The molecule has 2 rings (SSSR count). The maximum atomic E-state index is 4.64. The number of aromatic nitrogens is 2. The van der Waals surface area contributed by atoms with Crippen LogP contribution in [0.5, 0.6) is 0 Å². The van der Waals surface area contributed by atoms with Crippen LogP contribution in [0.3, 0.4) is 0 Å². The monoisotopic (exact) mass is 220 g/mol. The summed E-state index contributed by atoms with van der Waals surface area (Å²) >= 11 is 0. The summed E-state index contributed by atoms with van der Waals surface area (Å²) in [5, 5.41) is 3.11. The molecule has 0 unspecified atom stereocenters. The molecule has 1 aromatic rings. The lowest BCUT2D eigenvalue weighted by Crippen LogP contribution is -2.21. The molecule has 2 heterocycles. The highest BCUT2D eigenvalue weighted by atomic mass is 15.3. The second-order valence-electron chi connectivity index (χ2n) is 4.58. The van der Waals surface area contributed by atoms with E-state index in [9.17, 15) is 0 Å². The van der Waals surface area contributed by atoms with Crippen LogP contribution in [0.15, 0.2) is 6.07 Å². The highest BCUT2D eigenvalue weighted by Gasteiger charge is 2.17. The molecule has 0 bridgehead atoms. The molecule has 1 aliphatic heterocycles. The van der Waals surface area contributed by atoms with Gasteiger partial charge in [-0.3, -0.25) is 0 Å². The topological polar surface area (TPSA) is 41.1 Å². The van der Waals surface area contributed by atoms with Crippen LogP contribution >= 0.6 is 0 Å². The first-order chi connectivity index (χ1) is 7.70. The minimum absolute atomic E-state index is 0.441. The molecule has 1 N–H and O–H groups in total. The lowest BCUT2D eigenvalue weighted by Gasteiger charge is -2.18. The summed E-state index contributed by atoms with van der Waals surface area (Å²) in [4.78, 5) is 11.4. The third-order valence-electron chi connectivity index (χ3n) is 2.97. The van der Waals surface area contributed by atoms with Gasteiger partial charge in [-0.25, -0.2) is 4.98 Å². The SMILES string of the molecule is CNc1cc(C(C)C)nc(N2CCCC2)n1. The van der Waals surface area contributed by atoms with Gasteiger partial charge in [0, 0.05) is 26.2 Å². The molecule has 0 atom stereocenters. The molecular weight excluding hydrogens is 200 g/mol. The Morgan fingerprint density at radius 2 is 1.94 bits per heavy atom. The molecule has 0 saturated carbocycles. The summed E-state index contributed by atoms with van der Waals surface area (Å²) in [6, 6.07) is 2.03. The number of nitrogens with one attached hydrogen (secondary N) is 1.